The minimum Gasteiger partial charge on any atom is -0.395 e. The van der Waals surface area contributed by atoms with E-state index in [9.17, 15) is 18.3 Å². The molecule has 0 amide bonds. The Kier molecular flexibility index (Phi) is 2.70. The van der Waals surface area contributed by atoms with Crippen LogP contribution in [0.15, 0.2) is 24.3 Å². The quantitative estimate of drug-likeness (QED) is 0.827. The first-order valence-electron chi connectivity index (χ1n) is 5.27. The maximum absolute atomic E-state index is 12.5. The van der Waals surface area contributed by atoms with E-state index >= 15 is 0 Å². The zero-order chi connectivity index (χ0) is 11.8. The van der Waals surface area contributed by atoms with Gasteiger partial charge in [0.05, 0.1) is 12.2 Å². The third kappa shape index (κ3) is 1.82. The van der Waals surface area contributed by atoms with Gasteiger partial charge in [0.2, 0.25) is 0 Å². The summed E-state index contributed by atoms with van der Waals surface area (Å²) in [6.45, 7) is -0.0751. The number of aliphatic hydroxyl groups excluding tert-OH is 1. The van der Waals surface area contributed by atoms with Gasteiger partial charge in [0.15, 0.2) is 0 Å². The van der Waals surface area contributed by atoms with E-state index in [4.69, 9.17) is 0 Å². The predicted octanol–water partition coefficient (Wildman–Crippen LogP) is 3.12. The summed E-state index contributed by atoms with van der Waals surface area (Å²) in [5.74, 6) is 0. The molecule has 1 aliphatic rings. The predicted molar refractivity (Wildman–Crippen MR) is 54.1 cm³/mol. The van der Waals surface area contributed by atoms with Crippen LogP contribution in [-0.4, -0.2) is 11.7 Å². The highest BCUT2D eigenvalue weighted by Gasteiger charge is 2.39. The Morgan fingerprint density at radius 1 is 1.25 bits per heavy atom. The summed E-state index contributed by atoms with van der Waals surface area (Å²) < 4.78 is 37.6. The van der Waals surface area contributed by atoms with Gasteiger partial charge in [-0.05, 0) is 24.5 Å². The smallest absolute Gasteiger partial charge is 0.395 e. The van der Waals surface area contributed by atoms with Crippen LogP contribution in [-0.2, 0) is 11.6 Å². The van der Waals surface area contributed by atoms with Crippen LogP contribution in [0.4, 0.5) is 13.2 Å². The van der Waals surface area contributed by atoms with Crippen LogP contribution in [0, 0.1) is 0 Å². The normalized spacial score (nSPS) is 19.2. The summed E-state index contributed by atoms with van der Waals surface area (Å²) in [4.78, 5) is 0. The van der Waals surface area contributed by atoms with Gasteiger partial charge in [0.25, 0.3) is 0 Å². The average Bonchev–Trinajstić information content (AvgIpc) is 2.16. The number of benzene rings is 1. The Hall–Kier alpha value is -1.03. The molecule has 0 aliphatic heterocycles. The maximum Gasteiger partial charge on any atom is 0.416 e. The molecule has 0 spiro atoms. The first-order chi connectivity index (χ1) is 7.48. The summed E-state index contributed by atoms with van der Waals surface area (Å²) in [7, 11) is 0. The second-order valence-corrected chi connectivity index (χ2v) is 4.37. The summed E-state index contributed by atoms with van der Waals surface area (Å²) in [5, 5.41) is 9.30. The van der Waals surface area contributed by atoms with Gasteiger partial charge in [-0.2, -0.15) is 13.2 Å². The molecule has 1 aromatic carbocycles. The zero-order valence-electron chi connectivity index (χ0n) is 8.72. The van der Waals surface area contributed by atoms with Gasteiger partial charge in [-0.1, -0.05) is 24.6 Å². The van der Waals surface area contributed by atoms with E-state index < -0.39 is 17.2 Å². The van der Waals surface area contributed by atoms with Gasteiger partial charge >= 0.3 is 6.18 Å². The lowest BCUT2D eigenvalue weighted by Gasteiger charge is -2.41. The van der Waals surface area contributed by atoms with Gasteiger partial charge in [-0.3, -0.25) is 0 Å². The Morgan fingerprint density at radius 2 is 1.94 bits per heavy atom. The van der Waals surface area contributed by atoms with Crippen molar-refractivity contribution in [1.82, 2.24) is 0 Å². The molecule has 0 aromatic heterocycles. The number of rotatable bonds is 2. The molecule has 4 heteroatoms. The topological polar surface area (TPSA) is 20.2 Å². The summed E-state index contributed by atoms with van der Waals surface area (Å²) >= 11 is 0. The molecule has 0 heterocycles. The van der Waals surface area contributed by atoms with Crippen molar-refractivity contribution < 1.29 is 18.3 Å². The molecule has 0 unspecified atom stereocenters. The molecule has 1 aromatic rings. The first kappa shape index (κ1) is 11.5. The van der Waals surface area contributed by atoms with Crippen LogP contribution in [0.2, 0.25) is 0 Å². The summed E-state index contributed by atoms with van der Waals surface area (Å²) in [6.07, 6.45) is -1.80. The Bertz CT molecular complexity index is 375. The Balaban J connectivity index is 2.36. The molecule has 1 nitrogen and oxygen atoms in total. The lowest BCUT2D eigenvalue weighted by atomic mass is 9.65. The van der Waals surface area contributed by atoms with E-state index in [2.05, 4.69) is 0 Å². The minimum atomic E-state index is -4.31. The number of hydrogen-bond acceptors (Lipinski definition) is 1. The van der Waals surface area contributed by atoms with Crippen molar-refractivity contribution in [2.24, 2.45) is 0 Å². The van der Waals surface area contributed by atoms with Crippen LogP contribution in [0.3, 0.4) is 0 Å². The molecule has 16 heavy (non-hydrogen) atoms. The van der Waals surface area contributed by atoms with Crippen LogP contribution in [0.1, 0.15) is 30.4 Å². The van der Waals surface area contributed by atoms with Gasteiger partial charge < -0.3 is 5.11 Å². The molecular weight excluding hydrogens is 217 g/mol. The van der Waals surface area contributed by atoms with E-state index in [0.717, 1.165) is 31.4 Å². The highest BCUT2D eigenvalue weighted by molar-refractivity contribution is 5.33. The average molecular weight is 230 g/mol. The fourth-order valence-corrected chi connectivity index (χ4v) is 2.17. The van der Waals surface area contributed by atoms with Crippen molar-refractivity contribution in [3.8, 4) is 0 Å². The number of hydrogen-bond donors (Lipinski definition) is 1. The molecule has 0 atom stereocenters. The highest BCUT2D eigenvalue weighted by Crippen LogP contribution is 2.44. The third-order valence-electron chi connectivity index (χ3n) is 3.42. The van der Waals surface area contributed by atoms with E-state index in [1.807, 2.05) is 0 Å². The maximum atomic E-state index is 12.5. The second kappa shape index (κ2) is 3.77. The SMILES string of the molecule is OCC1(c2cccc(C(F)(F)F)c2)CCC1. The Morgan fingerprint density at radius 3 is 2.38 bits per heavy atom. The van der Waals surface area contributed by atoms with E-state index in [0.29, 0.717) is 5.56 Å². The van der Waals surface area contributed by atoms with Crippen molar-refractivity contribution in [3.63, 3.8) is 0 Å². The number of halogens is 3. The van der Waals surface area contributed by atoms with E-state index in [-0.39, 0.29) is 6.61 Å². The molecule has 0 bridgehead atoms. The molecule has 0 radical (unpaired) electrons. The molecular formula is C12H13F3O. The largest absolute Gasteiger partial charge is 0.416 e. The number of aliphatic hydroxyl groups is 1. The zero-order valence-corrected chi connectivity index (χ0v) is 8.72. The molecule has 2 rings (SSSR count). The lowest BCUT2D eigenvalue weighted by Crippen LogP contribution is -2.38. The van der Waals surface area contributed by atoms with Crippen molar-refractivity contribution in [2.45, 2.75) is 30.9 Å². The van der Waals surface area contributed by atoms with Gasteiger partial charge in [0, 0.05) is 5.41 Å². The highest BCUT2D eigenvalue weighted by atomic mass is 19.4. The van der Waals surface area contributed by atoms with Gasteiger partial charge in [-0.25, -0.2) is 0 Å². The number of alkyl halides is 3. The van der Waals surface area contributed by atoms with Crippen molar-refractivity contribution in [2.75, 3.05) is 6.61 Å². The summed E-state index contributed by atoms with van der Waals surface area (Å²) in [5.41, 5.74) is -0.456. The molecule has 1 saturated carbocycles. The van der Waals surface area contributed by atoms with Gasteiger partial charge in [-0.15, -0.1) is 0 Å². The molecule has 1 fully saturated rings. The van der Waals surface area contributed by atoms with Gasteiger partial charge in [0.1, 0.15) is 0 Å². The second-order valence-electron chi connectivity index (χ2n) is 4.37. The van der Waals surface area contributed by atoms with Crippen LogP contribution >= 0.6 is 0 Å². The summed E-state index contributed by atoms with van der Waals surface area (Å²) in [6, 6.07) is 5.31. The molecule has 1 aliphatic carbocycles. The molecule has 0 saturated heterocycles. The minimum absolute atomic E-state index is 0.0751. The fraction of sp³-hybridized carbons (Fsp3) is 0.500. The van der Waals surface area contributed by atoms with Crippen molar-refractivity contribution in [3.05, 3.63) is 35.4 Å². The Labute approximate surface area is 91.9 Å². The lowest BCUT2D eigenvalue weighted by molar-refractivity contribution is -0.137. The third-order valence-corrected chi connectivity index (χ3v) is 3.42. The molecule has 1 N–H and O–H groups in total. The molecule has 88 valence electrons. The van der Waals surface area contributed by atoms with Crippen LogP contribution in [0.5, 0.6) is 0 Å². The fourth-order valence-electron chi connectivity index (χ4n) is 2.17. The van der Waals surface area contributed by atoms with E-state index in [1.54, 1.807) is 6.07 Å². The van der Waals surface area contributed by atoms with E-state index in [1.165, 1.54) is 6.07 Å². The van der Waals surface area contributed by atoms with Crippen LogP contribution in [0.25, 0.3) is 0 Å². The van der Waals surface area contributed by atoms with Crippen LogP contribution < -0.4 is 0 Å². The standard InChI is InChI=1S/C12H13F3O/c13-12(14,15)10-4-1-3-9(7-10)11(8-16)5-2-6-11/h1,3-4,7,16H,2,5-6,8H2. The monoisotopic (exact) mass is 230 g/mol. The van der Waals surface area contributed by atoms with Crippen molar-refractivity contribution >= 4 is 0 Å². The first-order valence-corrected chi connectivity index (χ1v) is 5.27. The van der Waals surface area contributed by atoms with Crippen molar-refractivity contribution in [1.29, 1.82) is 0 Å².